The van der Waals surface area contributed by atoms with Crippen LogP contribution in [0, 0.1) is 24.4 Å². The van der Waals surface area contributed by atoms with Gasteiger partial charge in [-0.3, -0.25) is 0 Å². The van der Waals surface area contributed by atoms with Crippen LogP contribution in [-0.4, -0.2) is 6.61 Å². The van der Waals surface area contributed by atoms with E-state index < -0.39 is 17.5 Å². The Morgan fingerprint density at radius 1 is 0.714 bits per heavy atom. The van der Waals surface area contributed by atoms with Crippen molar-refractivity contribution in [3.63, 3.8) is 0 Å². The van der Waals surface area contributed by atoms with Crippen molar-refractivity contribution >= 4 is 0 Å². The van der Waals surface area contributed by atoms with Crippen LogP contribution in [-0.2, 0) is 6.61 Å². The molecule has 35 heavy (non-hydrogen) atoms. The van der Waals surface area contributed by atoms with Gasteiger partial charge in [0.05, 0.1) is 6.61 Å². The second-order valence-corrected chi connectivity index (χ2v) is 8.16. The Hall–Kier alpha value is -3.99. The molecule has 4 aromatic carbocycles. The third-order valence-corrected chi connectivity index (χ3v) is 5.60. The number of aryl methyl sites for hydroxylation is 1. The van der Waals surface area contributed by atoms with Crippen molar-refractivity contribution in [3.05, 3.63) is 120 Å². The quantitative estimate of drug-likeness (QED) is 0.179. The largest absolute Gasteiger partial charge is 0.490 e. The maximum atomic E-state index is 14.7. The topological polar surface area (TPSA) is 18.5 Å². The van der Waals surface area contributed by atoms with Crippen molar-refractivity contribution in [3.8, 4) is 33.8 Å². The predicted octanol–water partition coefficient (Wildman–Crippen LogP) is 8.28. The molecule has 0 spiro atoms. The lowest BCUT2D eigenvalue weighted by Gasteiger charge is -2.12. The molecule has 0 radical (unpaired) electrons. The maximum absolute atomic E-state index is 14.7. The molecule has 0 unspecified atom stereocenters. The van der Waals surface area contributed by atoms with E-state index in [4.69, 9.17) is 9.47 Å². The summed E-state index contributed by atoms with van der Waals surface area (Å²) in [5.41, 5.74) is 4.10. The molecule has 4 aromatic rings. The summed E-state index contributed by atoms with van der Waals surface area (Å²) < 4.78 is 54.6. The Kier molecular flexibility index (Phi) is 7.56. The van der Waals surface area contributed by atoms with Gasteiger partial charge in [-0.15, -0.1) is 6.58 Å². The zero-order chi connectivity index (χ0) is 24.8. The Morgan fingerprint density at radius 3 is 2.06 bits per heavy atom. The first-order valence-electron chi connectivity index (χ1n) is 11.3. The molecule has 0 aliphatic rings. The molecule has 5 heteroatoms. The van der Waals surface area contributed by atoms with Crippen LogP contribution in [0.25, 0.3) is 22.3 Å². The summed E-state index contributed by atoms with van der Waals surface area (Å²) in [6.45, 7) is 5.97. The van der Waals surface area contributed by atoms with Crippen LogP contribution in [0.5, 0.6) is 11.5 Å². The van der Waals surface area contributed by atoms with E-state index in [9.17, 15) is 13.2 Å². The summed E-state index contributed by atoms with van der Waals surface area (Å²) in [7, 11) is 0. The van der Waals surface area contributed by atoms with E-state index >= 15 is 0 Å². The highest BCUT2D eigenvalue weighted by Crippen LogP contribution is 2.31. The molecule has 2 nitrogen and oxygen atoms in total. The van der Waals surface area contributed by atoms with Gasteiger partial charge in [-0.25, -0.2) is 8.78 Å². The molecule has 0 aliphatic heterocycles. The summed E-state index contributed by atoms with van der Waals surface area (Å²) in [6.07, 6.45) is 2.35. The molecule has 0 N–H and O–H groups in total. The highest BCUT2D eigenvalue weighted by molar-refractivity contribution is 5.66. The van der Waals surface area contributed by atoms with Crippen molar-refractivity contribution in [2.45, 2.75) is 20.0 Å². The van der Waals surface area contributed by atoms with Crippen molar-refractivity contribution in [2.75, 3.05) is 6.61 Å². The molecule has 0 aliphatic carbocycles. The molecule has 178 valence electrons. The first-order chi connectivity index (χ1) is 17.0. The fraction of sp³-hybridized carbons (Fsp3) is 0.133. The number of benzene rings is 4. The minimum Gasteiger partial charge on any atom is -0.490 e. The molecule has 0 aromatic heterocycles. The van der Waals surface area contributed by atoms with Crippen molar-refractivity contribution in [1.29, 1.82) is 0 Å². The van der Waals surface area contributed by atoms with Crippen LogP contribution in [0.1, 0.15) is 17.5 Å². The molecule has 0 amide bonds. The van der Waals surface area contributed by atoms with Crippen molar-refractivity contribution < 1.29 is 22.6 Å². The van der Waals surface area contributed by atoms with Crippen LogP contribution in [0.3, 0.4) is 0 Å². The summed E-state index contributed by atoms with van der Waals surface area (Å²) in [5, 5.41) is 0. The average molecular weight is 475 g/mol. The maximum Gasteiger partial charge on any atom is 0.201 e. The second kappa shape index (κ2) is 11.0. The van der Waals surface area contributed by atoms with Crippen LogP contribution < -0.4 is 9.47 Å². The van der Waals surface area contributed by atoms with E-state index in [2.05, 4.69) is 6.58 Å². The predicted molar refractivity (Wildman–Crippen MR) is 133 cm³/mol. The van der Waals surface area contributed by atoms with E-state index in [0.717, 1.165) is 16.7 Å². The molecule has 0 bridgehead atoms. The van der Waals surface area contributed by atoms with Gasteiger partial charge in [0, 0.05) is 5.56 Å². The summed E-state index contributed by atoms with van der Waals surface area (Å²) in [4.78, 5) is 0. The molecule has 0 fully saturated rings. The third-order valence-electron chi connectivity index (χ3n) is 5.60. The lowest BCUT2D eigenvalue weighted by atomic mass is 10.0. The monoisotopic (exact) mass is 474 g/mol. The molecular formula is C30H25F3O2. The second-order valence-electron chi connectivity index (χ2n) is 8.16. The molecule has 4 rings (SSSR count). The Bertz CT molecular complexity index is 1310. The van der Waals surface area contributed by atoms with Gasteiger partial charge in [-0.2, -0.15) is 4.39 Å². The van der Waals surface area contributed by atoms with Gasteiger partial charge in [0.1, 0.15) is 6.61 Å². The summed E-state index contributed by atoms with van der Waals surface area (Å²) in [5.74, 6) is -2.36. The van der Waals surface area contributed by atoms with Crippen LogP contribution >= 0.6 is 0 Å². The Balaban J connectivity index is 1.42. The zero-order valence-corrected chi connectivity index (χ0v) is 19.4. The Labute approximate surface area is 203 Å². The van der Waals surface area contributed by atoms with Gasteiger partial charge < -0.3 is 9.47 Å². The summed E-state index contributed by atoms with van der Waals surface area (Å²) in [6, 6.07) is 22.2. The molecule has 0 heterocycles. The first kappa shape index (κ1) is 24.1. The van der Waals surface area contributed by atoms with Crippen LogP contribution in [0.2, 0.25) is 0 Å². The Morgan fingerprint density at radius 2 is 1.37 bits per heavy atom. The van der Waals surface area contributed by atoms with Gasteiger partial charge in [0.25, 0.3) is 0 Å². The number of hydrogen-bond donors (Lipinski definition) is 0. The molecular weight excluding hydrogens is 449 g/mol. The third kappa shape index (κ3) is 5.75. The van der Waals surface area contributed by atoms with Gasteiger partial charge in [0.2, 0.25) is 5.82 Å². The van der Waals surface area contributed by atoms with Gasteiger partial charge in [0.15, 0.2) is 23.1 Å². The smallest absolute Gasteiger partial charge is 0.201 e. The SMILES string of the molecule is C=CCCOc1ccc(-c2ccc(COc3ccc(-c4ccc(C)cc4)c(F)c3F)cc2)cc1F. The number of rotatable bonds is 9. The van der Waals surface area contributed by atoms with E-state index in [1.54, 1.807) is 42.5 Å². The highest BCUT2D eigenvalue weighted by Gasteiger charge is 2.16. The minimum atomic E-state index is -1.02. The fourth-order valence-corrected chi connectivity index (χ4v) is 3.60. The minimum absolute atomic E-state index is 0.0605. The normalized spacial score (nSPS) is 10.7. The van der Waals surface area contributed by atoms with E-state index in [1.165, 1.54) is 18.2 Å². The fourth-order valence-electron chi connectivity index (χ4n) is 3.60. The number of halogens is 3. The van der Waals surface area contributed by atoms with Gasteiger partial charge in [-0.05, 0) is 59.9 Å². The highest BCUT2D eigenvalue weighted by atomic mass is 19.2. The van der Waals surface area contributed by atoms with Crippen molar-refractivity contribution in [1.82, 2.24) is 0 Å². The van der Waals surface area contributed by atoms with Crippen molar-refractivity contribution in [2.24, 2.45) is 0 Å². The lowest BCUT2D eigenvalue weighted by molar-refractivity contribution is 0.285. The van der Waals surface area contributed by atoms with Gasteiger partial charge in [-0.1, -0.05) is 66.2 Å². The van der Waals surface area contributed by atoms with E-state index in [-0.39, 0.29) is 23.7 Å². The molecule has 0 saturated carbocycles. The lowest BCUT2D eigenvalue weighted by Crippen LogP contribution is -2.00. The summed E-state index contributed by atoms with van der Waals surface area (Å²) >= 11 is 0. The van der Waals surface area contributed by atoms with E-state index in [0.29, 0.717) is 24.2 Å². The van der Waals surface area contributed by atoms with Crippen LogP contribution in [0.4, 0.5) is 13.2 Å². The van der Waals surface area contributed by atoms with Crippen LogP contribution in [0.15, 0.2) is 91.5 Å². The first-order valence-corrected chi connectivity index (χ1v) is 11.3. The average Bonchev–Trinajstić information content (AvgIpc) is 2.87. The molecule has 0 saturated heterocycles. The standard InChI is InChI=1S/C30H25F3O2/c1-3-4-17-34-27-15-13-24(18-26(27)31)22-11-7-21(8-12-22)19-35-28-16-14-25(29(32)30(28)33)23-9-5-20(2)6-10-23/h3,5-16,18H,1,4,17,19H2,2H3. The number of hydrogen-bond acceptors (Lipinski definition) is 2. The van der Waals surface area contributed by atoms with Gasteiger partial charge >= 0.3 is 0 Å². The zero-order valence-electron chi connectivity index (χ0n) is 19.4. The van der Waals surface area contributed by atoms with E-state index in [1.807, 2.05) is 31.2 Å². The molecule has 0 atom stereocenters. The number of ether oxygens (including phenoxy) is 2.